The van der Waals surface area contributed by atoms with Crippen molar-refractivity contribution in [3.8, 4) is 0 Å². The molecule has 0 aromatic carbocycles. The predicted octanol–water partition coefficient (Wildman–Crippen LogP) is 24.2. The molecule has 0 aliphatic heterocycles. The third-order valence-corrected chi connectivity index (χ3v) is 15.4. The standard InChI is InChI=1S/C75H132O6/c1-4-7-10-13-16-19-22-25-28-30-32-33-34-35-36-37-38-39-40-41-43-44-47-50-53-56-59-62-65-68-74(77)80-71-72(70-79-73(76)67-64-61-58-55-52-49-46-27-24-21-18-15-12-9-6-3)81-75(78)69-66-63-60-57-54-51-48-45-42-31-29-26-23-20-17-14-11-8-5-2/h7,10,16,19,25,28,32-33,35-36,38-39,41,43,72H,4-6,8-9,11-15,17-18,20-24,26-27,29-31,34,37,40,42,44-71H2,1-3H3/b10-7-,19-16-,28-25-,33-32-,36-35-,39-38-,43-41-. The van der Waals surface area contributed by atoms with Gasteiger partial charge in [-0.25, -0.2) is 0 Å². The second kappa shape index (κ2) is 69.1. The number of esters is 3. The van der Waals surface area contributed by atoms with E-state index in [-0.39, 0.29) is 31.1 Å². The van der Waals surface area contributed by atoms with E-state index >= 15 is 0 Å². The van der Waals surface area contributed by atoms with Crippen molar-refractivity contribution in [2.24, 2.45) is 0 Å². The van der Waals surface area contributed by atoms with Crippen LogP contribution in [-0.2, 0) is 28.6 Å². The molecule has 0 aliphatic rings. The molecule has 0 rings (SSSR count). The van der Waals surface area contributed by atoms with Crippen LogP contribution in [0.25, 0.3) is 0 Å². The maximum atomic E-state index is 12.9. The van der Waals surface area contributed by atoms with Crippen molar-refractivity contribution in [2.45, 2.75) is 361 Å². The number of carbonyl (C=O) groups excluding carboxylic acids is 3. The van der Waals surface area contributed by atoms with Crippen LogP contribution in [0.5, 0.6) is 0 Å². The molecular formula is C75H132O6. The van der Waals surface area contributed by atoms with Crippen LogP contribution in [0.1, 0.15) is 355 Å². The van der Waals surface area contributed by atoms with Gasteiger partial charge >= 0.3 is 17.9 Å². The molecule has 0 amide bonds. The summed E-state index contributed by atoms with van der Waals surface area (Å²) in [6, 6.07) is 0. The van der Waals surface area contributed by atoms with Gasteiger partial charge in [-0.15, -0.1) is 0 Å². The first-order valence-electron chi connectivity index (χ1n) is 35.1. The van der Waals surface area contributed by atoms with E-state index in [9.17, 15) is 14.4 Å². The number of hydrogen-bond acceptors (Lipinski definition) is 6. The van der Waals surface area contributed by atoms with Crippen molar-refractivity contribution in [3.63, 3.8) is 0 Å². The Morgan fingerprint density at radius 1 is 0.259 bits per heavy atom. The van der Waals surface area contributed by atoms with E-state index in [0.29, 0.717) is 19.3 Å². The zero-order chi connectivity index (χ0) is 58.5. The first-order chi connectivity index (χ1) is 40.0. The molecule has 0 saturated carbocycles. The average Bonchev–Trinajstić information content (AvgIpc) is 3.47. The molecule has 81 heavy (non-hydrogen) atoms. The molecule has 0 spiro atoms. The molecule has 6 nitrogen and oxygen atoms in total. The molecule has 6 heteroatoms. The molecule has 1 unspecified atom stereocenters. The zero-order valence-corrected chi connectivity index (χ0v) is 53.8. The highest BCUT2D eigenvalue weighted by Crippen LogP contribution is 2.18. The summed E-state index contributed by atoms with van der Waals surface area (Å²) in [4.78, 5) is 38.4. The summed E-state index contributed by atoms with van der Waals surface area (Å²) < 4.78 is 17.0. The molecule has 0 saturated heterocycles. The average molecular weight is 1130 g/mol. The second-order valence-electron chi connectivity index (χ2n) is 23.4. The lowest BCUT2D eigenvalue weighted by Crippen LogP contribution is -2.30. The summed E-state index contributed by atoms with van der Waals surface area (Å²) in [7, 11) is 0. The van der Waals surface area contributed by atoms with Crippen molar-refractivity contribution in [1.82, 2.24) is 0 Å². The highest BCUT2D eigenvalue weighted by atomic mass is 16.6. The quantitative estimate of drug-likeness (QED) is 0.0261. The Morgan fingerprint density at radius 2 is 0.481 bits per heavy atom. The fraction of sp³-hybridized carbons (Fsp3) is 0.773. The SMILES string of the molecule is CC/C=C\C/C=C\C/C=C\C/C=C\C/C=C\C/C=C\C/C=C\CCCCCCCCCC(=O)OCC(COC(=O)CCCCCCCCCCCCCCCCC)OC(=O)CCCCCCCCCCCCCCCCCCCCC. The van der Waals surface area contributed by atoms with E-state index in [0.717, 1.165) is 109 Å². The van der Waals surface area contributed by atoms with Gasteiger partial charge in [0.15, 0.2) is 6.10 Å². The normalized spacial score (nSPS) is 12.6. The zero-order valence-electron chi connectivity index (χ0n) is 53.8. The Hall–Kier alpha value is -3.41. The van der Waals surface area contributed by atoms with Gasteiger partial charge in [0.05, 0.1) is 0 Å². The molecule has 0 radical (unpaired) electrons. The van der Waals surface area contributed by atoms with Crippen LogP contribution >= 0.6 is 0 Å². The summed E-state index contributed by atoms with van der Waals surface area (Å²) in [6.07, 6.45) is 91.7. The largest absolute Gasteiger partial charge is 0.462 e. The van der Waals surface area contributed by atoms with Gasteiger partial charge in [0, 0.05) is 19.3 Å². The summed E-state index contributed by atoms with van der Waals surface area (Å²) >= 11 is 0. The molecule has 0 N–H and O–H groups in total. The third-order valence-electron chi connectivity index (χ3n) is 15.4. The smallest absolute Gasteiger partial charge is 0.306 e. The molecule has 0 aliphatic carbocycles. The summed E-state index contributed by atoms with van der Waals surface area (Å²) in [6.45, 7) is 6.58. The fourth-order valence-electron chi connectivity index (χ4n) is 10.2. The van der Waals surface area contributed by atoms with Gasteiger partial charge in [0.2, 0.25) is 0 Å². The van der Waals surface area contributed by atoms with Crippen LogP contribution in [0, 0.1) is 0 Å². The lowest BCUT2D eigenvalue weighted by atomic mass is 10.0. The van der Waals surface area contributed by atoms with Gasteiger partial charge in [0.1, 0.15) is 13.2 Å². The van der Waals surface area contributed by atoms with Crippen molar-refractivity contribution >= 4 is 17.9 Å². The lowest BCUT2D eigenvalue weighted by Gasteiger charge is -2.18. The number of hydrogen-bond donors (Lipinski definition) is 0. The fourth-order valence-corrected chi connectivity index (χ4v) is 10.2. The van der Waals surface area contributed by atoms with Crippen molar-refractivity contribution in [2.75, 3.05) is 13.2 Å². The van der Waals surface area contributed by atoms with Crippen molar-refractivity contribution < 1.29 is 28.6 Å². The van der Waals surface area contributed by atoms with E-state index in [1.807, 2.05) is 0 Å². The first kappa shape index (κ1) is 77.6. The summed E-state index contributed by atoms with van der Waals surface area (Å²) in [5.41, 5.74) is 0. The minimum absolute atomic E-state index is 0.0744. The van der Waals surface area contributed by atoms with Gasteiger partial charge in [-0.05, 0) is 77.0 Å². The first-order valence-corrected chi connectivity index (χ1v) is 35.1. The predicted molar refractivity (Wildman–Crippen MR) is 353 cm³/mol. The number of carbonyl (C=O) groups is 3. The number of rotatable bonds is 64. The van der Waals surface area contributed by atoms with E-state index in [4.69, 9.17) is 14.2 Å². The van der Waals surface area contributed by atoms with Crippen molar-refractivity contribution in [1.29, 1.82) is 0 Å². The second-order valence-corrected chi connectivity index (χ2v) is 23.4. The number of ether oxygens (including phenoxy) is 3. The molecule has 0 heterocycles. The molecule has 468 valence electrons. The van der Waals surface area contributed by atoms with Gasteiger partial charge in [-0.3, -0.25) is 14.4 Å². The van der Waals surface area contributed by atoms with Crippen molar-refractivity contribution in [3.05, 3.63) is 85.1 Å². The van der Waals surface area contributed by atoms with Crippen LogP contribution in [0.15, 0.2) is 85.1 Å². The highest BCUT2D eigenvalue weighted by Gasteiger charge is 2.19. The maximum absolute atomic E-state index is 12.9. The van der Waals surface area contributed by atoms with Crippen LogP contribution in [0.2, 0.25) is 0 Å². The lowest BCUT2D eigenvalue weighted by molar-refractivity contribution is -0.167. The van der Waals surface area contributed by atoms with Crippen LogP contribution < -0.4 is 0 Å². The minimum atomic E-state index is -0.779. The molecular weight excluding hydrogens is 997 g/mol. The Balaban J connectivity index is 4.32. The Labute approximate surface area is 503 Å². The molecule has 0 aromatic rings. The Morgan fingerprint density at radius 3 is 0.753 bits per heavy atom. The minimum Gasteiger partial charge on any atom is -0.462 e. The Bertz CT molecular complexity index is 1530. The van der Waals surface area contributed by atoms with Gasteiger partial charge in [-0.2, -0.15) is 0 Å². The molecule has 0 fully saturated rings. The highest BCUT2D eigenvalue weighted by molar-refractivity contribution is 5.71. The summed E-state index contributed by atoms with van der Waals surface area (Å²) in [5.74, 6) is -0.864. The molecule has 1 atom stereocenters. The number of allylic oxidation sites excluding steroid dienone is 14. The van der Waals surface area contributed by atoms with E-state index in [1.165, 1.54) is 205 Å². The monoisotopic (exact) mass is 1130 g/mol. The number of unbranched alkanes of at least 4 members (excludes halogenated alkanes) is 39. The third kappa shape index (κ3) is 67.3. The van der Waals surface area contributed by atoms with Crippen LogP contribution in [-0.4, -0.2) is 37.2 Å². The van der Waals surface area contributed by atoms with Gasteiger partial charge in [0.25, 0.3) is 0 Å². The van der Waals surface area contributed by atoms with Gasteiger partial charge < -0.3 is 14.2 Å². The Kier molecular flexibility index (Phi) is 66.2. The molecule has 0 bridgehead atoms. The van der Waals surface area contributed by atoms with E-state index < -0.39 is 6.10 Å². The maximum Gasteiger partial charge on any atom is 0.306 e. The topological polar surface area (TPSA) is 78.9 Å². The van der Waals surface area contributed by atoms with E-state index in [1.54, 1.807) is 0 Å². The summed E-state index contributed by atoms with van der Waals surface area (Å²) in [5, 5.41) is 0. The van der Waals surface area contributed by atoms with E-state index in [2.05, 4.69) is 106 Å². The molecule has 0 aromatic heterocycles. The van der Waals surface area contributed by atoms with Crippen LogP contribution in [0.4, 0.5) is 0 Å². The van der Waals surface area contributed by atoms with Crippen LogP contribution in [0.3, 0.4) is 0 Å². The van der Waals surface area contributed by atoms with Gasteiger partial charge in [-0.1, -0.05) is 343 Å².